The van der Waals surface area contributed by atoms with Gasteiger partial charge in [0.1, 0.15) is 5.70 Å². The molecule has 0 aliphatic rings. The number of fused-ring (bicyclic) bond motifs is 1. The van der Waals surface area contributed by atoms with Gasteiger partial charge in [0, 0.05) is 34.6 Å². The lowest BCUT2D eigenvalue weighted by molar-refractivity contribution is -0.384. The molecule has 36 heavy (non-hydrogen) atoms. The van der Waals surface area contributed by atoms with Gasteiger partial charge < -0.3 is 15.0 Å². The first-order valence-corrected chi connectivity index (χ1v) is 11.3. The van der Waals surface area contributed by atoms with Crippen LogP contribution in [0.4, 0.5) is 11.4 Å². The topological polar surface area (TPSA) is 139 Å². The molecule has 4 aromatic rings. The molecule has 10 nitrogen and oxygen atoms in total. The van der Waals surface area contributed by atoms with Crippen LogP contribution in [0.25, 0.3) is 17.0 Å². The number of halogens is 1. The molecule has 0 aliphatic heterocycles. The number of carbonyl (C=O) groups excluding carboxylic acids is 2. The number of carbonyl (C=O) groups is 2. The lowest BCUT2D eigenvalue weighted by Crippen LogP contribution is -2.26. The minimum absolute atomic E-state index is 0.0891. The van der Waals surface area contributed by atoms with Crippen molar-refractivity contribution in [2.45, 2.75) is 0 Å². The van der Waals surface area contributed by atoms with Gasteiger partial charge in [-0.2, -0.15) is 0 Å². The molecule has 0 bridgehead atoms. The van der Waals surface area contributed by atoms with Crippen LogP contribution in [0.1, 0.15) is 15.9 Å². The van der Waals surface area contributed by atoms with Gasteiger partial charge in [-0.1, -0.05) is 34.1 Å². The van der Waals surface area contributed by atoms with Gasteiger partial charge in [-0.05, 0) is 54.1 Å². The molecule has 0 fully saturated rings. The predicted octanol–water partition coefficient (Wildman–Crippen LogP) is 5.64. The van der Waals surface area contributed by atoms with Gasteiger partial charge in [0.2, 0.25) is 5.88 Å². The molecule has 0 aliphatic carbocycles. The Morgan fingerprint density at radius 3 is 2.44 bits per heavy atom. The van der Waals surface area contributed by atoms with E-state index < -0.39 is 16.7 Å². The quantitative estimate of drug-likeness (QED) is 0.139. The zero-order valence-electron chi connectivity index (χ0n) is 18.8. The SMILES string of the molecule is Cn1c(O)c(N=NC(=O)/C(=C\c2ccc([N+](=O)[O-])cc2)NC(=O)c2ccccc2)c2cc(Br)ccc21. The van der Waals surface area contributed by atoms with E-state index >= 15 is 0 Å². The monoisotopic (exact) mass is 547 g/mol. The van der Waals surface area contributed by atoms with E-state index in [0.29, 0.717) is 22.0 Å². The van der Waals surface area contributed by atoms with E-state index in [1.807, 2.05) is 0 Å². The number of nitro groups is 1. The number of nitrogens with zero attached hydrogens (tertiary/aromatic N) is 4. The van der Waals surface area contributed by atoms with Crippen LogP contribution in [-0.4, -0.2) is 26.4 Å². The second-order valence-corrected chi connectivity index (χ2v) is 8.54. The average Bonchev–Trinajstić information content (AvgIpc) is 3.11. The summed E-state index contributed by atoms with van der Waals surface area (Å²) in [4.78, 5) is 36.2. The molecule has 2 amide bonds. The van der Waals surface area contributed by atoms with E-state index in [9.17, 15) is 24.8 Å². The molecular formula is C25H18BrN5O5. The minimum Gasteiger partial charge on any atom is -0.493 e. The summed E-state index contributed by atoms with van der Waals surface area (Å²) in [5.74, 6) is -1.62. The second kappa shape index (κ2) is 10.3. The fourth-order valence-corrected chi connectivity index (χ4v) is 3.79. The summed E-state index contributed by atoms with van der Waals surface area (Å²) >= 11 is 3.38. The molecule has 0 spiro atoms. The van der Waals surface area contributed by atoms with Gasteiger partial charge in [0.05, 0.1) is 10.4 Å². The summed E-state index contributed by atoms with van der Waals surface area (Å²) in [5, 5.41) is 32.3. The number of hydrogen-bond acceptors (Lipinski definition) is 6. The number of benzene rings is 3. The summed E-state index contributed by atoms with van der Waals surface area (Å²) in [6.45, 7) is 0. The number of hydrogen-bond donors (Lipinski definition) is 2. The lowest BCUT2D eigenvalue weighted by Gasteiger charge is -2.07. The van der Waals surface area contributed by atoms with Gasteiger partial charge in [-0.25, -0.2) is 0 Å². The molecule has 0 radical (unpaired) electrons. The van der Waals surface area contributed by atoms with Crippen LogP contribution in [0.2, 0.25) is 0 Å². The number of aromatic hydroxyl groups is 1. The maximum Gasteiger partial charge on any atom is 0.311 e. The summed E-state index contributed by atoms with van der Waals surface area (Å²) < 4.78 is 2.25. The van der Waals surface area contributed by atoms with Crippen molar-refractivity contribution in [3.05, 3.63) is 104 Å². The van der Waals surface area contributed by atoms with Gasteiger partial charge >= 0.3 is 5.91 Å². The molecule has 0 unspecified atom stereocenters. The number of non-ortho nitro benzene ring substituents is 1. The number of nitrogens with one attached hydrogen (secondary N) is 1. The van der Waals surface area contributed by atoms with E-state index in [2.05, 4.69) is 31.5 Å². The standard InChI is InChI=1S/C25H18BrN5O5/c1-30-21-12-9-17(26)14-19(21)22(25(30)34)28-29-24(33)20(27-23(32)16-5-3-2-4-6-16)13-15-7-10-18(11-8-15)31(35)36/h2-14,34H,1H3,(H,27,32)/b20-13+,29-28?. The fourth-order valence-electron chi connectivity index (χ4n) is 3.43. The Morgan fingerprint density at radius 2 is 1.78 bits per heavy atom. The number of aromatic nitrogens is 1. The van der Waals surface area contributed by atoms with E-state index in [0.717, 1.165) is 4.47 Å². The van der Waals surface area contributed by atoms with Crippen LogP contribution in [0, 0.1) is 10.1 Å². The third kappa shape index (κ3) is 5.20. The first-order valence-electron chi connectivity index (χ1n) is 10.5. The molecule has 180 valence electrons. The Bertz CT molecular complexity index is 1540. The Labute approximate surface area is 212 Å². The highest BCUT2D eigenvalue weighted by atomic mass is 79.9. The minimum atomic E-state index is -0.885. The number of aryl methyl sites for hydroxylation is 1. The van der Waals surface area contributed by atoms with Gasteiger partial charge in [-0.15, -0.1) is 10.2 Å². The van der Waals surface area contributed by atoms with Crippen molar-refractivity contribution >= 4 is 56.1 Å². The predicted molar refractivity (Wildman–Crippen MR) is 137 cm³/mol. The largest absolute Gasteiger partial charge is 0.493 e. The molecular weight excluding hydrogens is 530 g/mol. The maximum absolute atomic E-state index is 13.0. The second-order valence-electron chi connectivity index (χ2n) is 7.62. The Kier molecular flexibility index (Phi) is 7.02. The summed E-state index contributed by atoms with van der Waals surface area (Å²) in [7, 11) is 1.65. The highest BCUT2D eigenvalue weighted by molar-refractivity contribution is 9.10. The number of nitro benzene ring substituents is 1. The van der Waals surface area contributed by atoms with Crippen LogP contribution >= 0.6 is 15.9 Å². The number of azo groups is 1. The van der Waals surface area contributed by atoms with Crippen molar-refractivity contribution in [1.82, 2.24) is 9.88 Å². The van der Waals surface area contributed by atoms with E-state index in [-0.39, 0.29) is 23.0 Å². The molecule has 0 atom stereocenters. The summed E-state index contributed by atoms with van der Waals surface area (Å²) in [6, 6.07) is 19.0. The molecule has 1 aromatic heterocycles. The Morgan fingerprint density at radius 1 is 1.08 bits per heavy atom. The number of amides is 2. The van der Waals surface area contributed by atoms with E-state index in [4.69, 9.17) is 0 Å². The normalized spacial score (nSPS) is 11.7. The van der Waals surface area contributed by atoms with Crippen LogP contribution in [0.15, 0.2) is 93.2 Å². The molecule has 0 saturated heterocycles. The van der Waals surface area contributed by atoms with E-state index in [1.54, 1.807) is 55.6 Å². The first kappa shape index (κ1) is 24.5. The first-order chi connectivity index (χ1) is 17.2. The van der Waals surface area contributed by atoms with Gasteiger partial charge in [0.15, 0.2) is 5.69 Å². The van der Waals surface area contributed by atoms with Crippen molar-refractivity contribution < 1.29 is 19.6 Å². The average molecular weight is 548 g/mol. The third-order valence-electron chi connectivity index (χ3n) is 5.27. The van der Waals surface area contributed by atoms with E-state index in [1.165, 1.54) is 34.9 Å². The van der Waals surface area contributed by atoms with Crippen LogP contribution in [0.5, 0.6) is 5.88 Å². The maximum atomic E-state index is 13.0. The lowest BCUT2D eigenvalue weighted by atomic mass is 10.1. The number of rotatable bonds is 6. The van der Waals surface area contributed by atoms with Crippen molar-refractivity contribution in [3.8, 4) is 5.88 Å². The summed E-state index contributed by atoms with van der Waals surface area (Å²) in [6.07, 6.45) is 1.34. The third-order valence-corrected chi connectivity index (χ3v) is 5.77. The molecule has 2 N–H and O–H groups in total. The van der Waals surface area contributed by atoms with Crippen molar-refractivity contribution in [2.75, 3.05) is 0 Å². The van der Waals surface area contributed by atoms with Crippen LogP contribution in [0.3, 0.4) is 0 Å². The zero-order chi connectivity index (χ0) is 25.8. The van der Waals surface area contributed by atoms with Gasteiger partial charge in [-0.3, -0.25) is 19.7 Å². The van der Waals surface area contributed by atoms with Crippen molar-refractivity contribution in [3.63, 3.8) is 0 Å². The molecule has 3 aromatic carbocycles. The zero-order valence-corrected chi connectivity index (χ0v) is 20.3. The molecule has 4 rings (SSSR count). The van der Waals surface area contributed by atoms with Crippen molar-refractivity contribution in [2.24, 2.45) is 17.3 Å². The highest BCUT2D eigenvalue weighted by Gasteiger charge is 2.18. The summed E-state index contributed by atoms with van der Waals surface area (Å²) in [5.41, 5.74) is 1.17. The molecule has 1 heterocycles. The Hall–Kier alpha value is -4.64. The van der Waals surface area contributed by atoms with Crippen LogP contribution in [-0.2, 0) is 11.8 Å². The van der Waals surface area contributed by atoms with Gasteiger partial charge in [0.25, 0.3) is 11.6 Å². The molecule has 0 saturated carbocycles. The molecule has 11 heteroatoms. The van der Waals surface area contributed by atoms with Crippen molar-refractivity contribution in [1.29, 1.82) is 0 Å². The smallest absolute Gasteiger partial charge is 0.311 e. The Balaban J connectivity index is 1.70. The van der Waals surface area contributed by atoms with Crippen LogP contribution < -0.4 is 5.32 Å². The fraction of sp³-hybridized carbons (Fsp3) is 0.0400. The highest BCUT2D eigenvalue weighted by Crippen LogP contribution is 2.39.